The lowest BCUT2D eigenvalue weighted by Gasteiger charge is -1.99. The molecular weight excluding hydrogens is 383 g/mol. The van der Waals surface area contributed by atoms with Gasteiger partial charge in [0.2, 0.25) is 0 Å². The minimum absolute atomic E-state index is 0.154. The molecular formula is C14H9BrCl2O4. The highest BCUT2D eigenvalue weighted by molar-refractivity contribution is 9.10. The summed E-state index contributed by atoms with van der Waals surface area (Å²) in [5.41, 5.74) is 0.400. The molecule has 0 radical (unpaired) electrons. The standard InChI is InChI=1S/C7H4BrClO2.C7H5ClO2/c8-5-1-4(3-10)7(11)6(9)2-5;8-6-3-1-2-5(4-9)7(6)10/h1-3,11H;1-4,10H. The lowest BCUT2D eigenvalue weighted by molar-refractivity contribution is 0.111. The van der Waals surface area contributed by atoms with Crippen LogP contribution in [-0.4, -0.2) is 22.8 Å². The fraction of sp³-hybridized carbons (Fsp3) is 0. The molecule has 7 heteroatoms. The molecule has 0 aromatic heterocycles. The van der Waals surface area contributed by atoms with Gasteiger partial charge in [0.25, 0.3) is 0 Å². The smallest absolute Gasteiger partial charge is 0.153 e. The zero-order chi connectivity index (χ0) is 16.0. The van der Waals surface area contributed by atoms with E-state index in [4.69, 9.17) is 33.4 Å². The van der Waals surface area contributed by atoms with Crippen molar-refractivity contribution in [1.29, 1.82) is 0 Å². The molecule has 0 amide bonds. The van der Waals surface area contributed by atoms with Crippen molar-refractivity contribution in [2.45, 2.75) is 0 Å². The molecule has 0 aliphatic rings. The Hall–Kier alpha value is -1.56. The number of carbonyl (C=O) groups excluding carboxylic acids is 2. The van der Waals surface area contributed by atoms with Gasteiger partial charge in [-0.3, -0.25) is 9.59 Å². The van der Waals surface area contributed by atoms with E-state index in [1.165, 1.54) is 24.3 Å². The molecule has 0 heterocycles. The number of carbonyl (C=O) groups is 2. The van der Waals surface area contributed by atoms with Crippen LogP contribution in [0.2, 0.25) is 10.0 Å². The maximum absolute atomic E-state index is 10.3. The third-order valence-corrected chi connectivity index (χ3v) is 3.38. The first-order valence-corrected chi connectivity index (χ1v) is 7.01. The largest absolute Gasteiger partial charge is 0.506 e. The third-order valence-electron chi connectivity index (χ3n) is 2.33. The lowest BCUT2D eigenvalue weighted by atomic mass is 10.2. The Labute approximate surface area is 139 Å². The molecule has 0 saturated carbocycles. The van der Waals surface area contributed by atoms with Gasteiger partial charge in [0.1, 0.15) is 11.5 Å². The van der Waals surface area contributed by atoms with Crippen LogP contribution in [0.3, 0.4) is 0 Å². The van der Waals surface area contributed by atoms with E-state index in [2.05, 4.69) is 15.9 Å². The van der Waals surface area contributed by atoms with Crippen LogP contribution in [0.15, 0.2) is 34.8 Å². The molecule has 0 bridgehead atoms. The number of aromatic hydroxyl groups is 2. The van der Waals surface area contributed by atoms with Gasteiger partial charge in [0.05, 0.1) is 21.2 Å². The monoisotopic (exact) mass is 390 g/mol. The minimum Gasteiger partial charge on any atom is -0.506 e. The summed E-state index contributed by atoms with van der Waals surface area (Å²) in [7, 11) is 0. The molecule has 2 aromatic rings. The van der Waals surface area contributed by atoms with Gasteiger partial charge >= 0.3 is 0 Å². The SMILES string of the molecule is O=Cc1cc(Br)cc(Cl)c1O.O=Cc1cccc(Cl)c1O. The second-order valence-corrected chi connectivity index (χ2v) is 5.47. The first-order valence-electron chi connectivity index (χ1n) is 5.46. The fourth-order valence-corrected chi connectivity index (χ4v) is 2.32. The van der Waals surface area contributed by atoms with E-state index in [0.29, 0.717) is 17.0 Å². The third kappa shape index (κ3) is 4.74. The van der Waals surface area contributed by atoms with Gasteiger partial charge < -0.3 is 10.2 Å². The molecule has 0 aliphatic carbocycles. The van der Waals surface area contributed by atoms with Crippen molar-refractivity contribution in [3.63, 3.8) is 0 Å². The van der Waals surface area contributed by atoms with Crippen LogP contribution in [0.5, 0.6) is 11.5 Å². The second kappa shape index (κ2) is 8.02. The number of phenols is 2. The van der Waals surface area contributed by atoms with Crippen molar-refractivity contribution < 1.29 is 19.8 Å². The van der Waals surface area contributed by atoms with Gasteiger partial charge in [0, 0.05) is 4.47 Å². The molecule has 0 atom stereocenters. The summed E-state index contributed by atoms with van der Waals surface area (Å²) in [5.74, 6) is -0.330. The number of hydrogen-bond donors (Lipinski definition) is 2. The number of hydrogen-bond acceptors (Lipinski definition) is 4. The van der Waals surface area contributed by atoms with Gasteiger partial charge in [-0.05, 0) is 24.3 Å². The molecule has 2 aromatic carbocycles. The highest BCUT2D eigenvalue weighted by atomic mass is 79.9. The Bertz CT molecular complexity index is 674. The van der Waals surface area contributed by atoms with Gasteiger partial charge in [-0.2, -0.15) is 0 Å². The van der Waals surface area contributed by atoms with Gasteiger partial charge in [0.15, 0.2) is 12.6 Å². The topological polar surface area (TPSA) is 74.6 Å². The summed E-state index contributed by atoms with van der Waals surface area (Å²) < 4.78 is 0.669. The number of aldehydes is 2. The van der Waals surface area contributed by atoms with E-state index in [1.807, 2.05) is 0 Å². The summed E-state index contributed by atoms with van der Waals surface area (Å²) >= 11 is 14.2. The van der Waals surface area contributed by atoms with E-state index in [1.54, 1.807) is 6.07 Å². The highest BCUT2D eigenvalue weighted by Crippen LogP contribution is 2.29. The maximum atomic E-state index is 10.3. The maximum Gasteiger partial charge on any atom is 0.153 e. The van der Waals surface area contributed by atoms with E-state index >= 15 is 0 Å². The Kier molecular flexibility index (Phi) is 6.68. The van der Waals surface area contributed by atoms with Crippen molar-refractivity contribution in [2.75, 3.05) is 0 Å². The molecule has 0 fully saturated rings. The number of phenolic OH excluding ortho intramolecular Hbond substituents is 2. The summed E-state index contributed by atoms with van der Waals surface area (Å²) in [6.07, 6.45) is 1.10. The van der Waals surface area contributed by atoms with Gasteiger partial charge in [-0.15, -0.1) is 0 Å². The molecule has 2 N–H and O–H groups in total. The van der Waals surface area contributed by atoms with Crippen molar-refractivity contribution in [3.05, 3.63) is 56.0 Å². The van der Waals surface area contributed by atoms with E-state index < -0.39 is 0 Å². The van der Waals surface area contributed by atoms with Crippen molar-refractivity contribution in [3.8, 4) is 11.5 Å². The molecule has 21 heavy (non-hydrogen) atoms. The number of para-hydroxylation sites is 1. The quantitative estimate of drug-likeness (QED) is 0.740. The molecule has 0 saturated heterocycles. The number of benzene rings is 2. The lowest BCUT2D eigenvalue weighted by Crippen LogP contribution is -1.81. The van der Waals surface area contributed by atoms with Crippen LogP contribution in [0.4, 0.5) is 0 Å². The minimum atomic E-state index is -0.176. The molecule has 110 valence electrons. The summed E-state index contributed by atoms with van der Waals surface area (Å²) in [5, 5.41) is 18.5. The normalized spacial score (nSPS) is 9.48. The first-order chi connectivity index (χ1) is 9.90. The van der Waals surface area contributed by atoms with Gasteiger partial charge in [-0.25, -0.2) is 0 Å². The van der Waals surface area contributed by atoms with Crippen LogP contribution in [0.25, 0.3) is 0 Å². The summed E-state index contributed by atoms with van der Waals surface area (Å²) in [6.45, 7) is 0. The predicted molar refractivity (Wildman–Crippen MR) is 84.7 cm³/mol. The Morgan fingerprint density at radius 3 is 2.00 bits per heavy atom. The average Bonchev–Trinajstić information content (AvgIpc) is 2.46. The molecule has 0 unspecified atom stereocenters. The molecule has 0 spiro atoms. The van der Waals surface area contributed by atoms with Crippen molar-refractivity contribution in [1.82, 2.24) is 0 Å². The Morgan fingerprint density at radius 2 is 1.48 bits per heavy atom. The average molecular weight is 392 g/mol. The molecule has 0 aliphatic heterocycles. The zero-order valence-corrected chi connectivity index (χ0v) is 13.5. The number of rotatable bonds is 2. The number of halogens is 3. The fourth-order valence-electron chi connectivity index (χ4n) is 1.30. The predicted octanol–water partition coefficient (Wildman–Crippen LogP) is 4.48. The van der Waals surface area contributed by atoms with Crippen LogP contribution in [0, 0.1) is 0 Å². The molecule has 4 nitrogen and oxygen atoms in total. The van der Waals surface area contributed by atoms with E-state index in [-0.39, 0.29) is 32.7 Å². The van der Waals surface area contributed by atoms with Crippen LogP contribution >= 0.6 is 39.1 Å². The van der Waals surface area contributed by atoms with Gasteiger partial charge in [-0.1, -0.05) is 45.2 Å². The highest BCUT2D eigenvalue weighted by Gasteiger charge is 2.05. The first kappa shape index (κ1) is 17.5. The zero-order valence-electron chi connectivity index (χ0n) is 10.4. The van der Waals surface area contributed by atoms with E-state index in [0.717, 1.165) is 0 Å². The Balaban J connectivity index is 0.000000211. The van der Waals surface area contributed by atoms with Crippen LogP contribution < -0.4 is 0 Å². The van der Waals surface area contributed by atoms with E-state index in [9.17, 15) is 9.59 Å². The molecule has 2 rings (SSSR count). The Morgan fingerprint density at radius 1 is 0.905 bits per heavy atom. The van der Waals surface area contributed by atoms with Crippen LogP contribution in [0.1, 0.15) is 20.7 Å². The second-order valence-electron chi connectivity index (χ2n) is 3.74. The van der Waals surface area contributed by atoms with Crippen LogP contribution in [-0.2, 0) is 0 Å². The summed E-state index contributed by atoms with van der Waals surface area (Å²) in [6, 6.07) is 7.63. The van der Waals surface area contributed by atoms with Crippen molar-refractivity contribution in [2.24, 2.45) is 0 Å². The van der Waals surface area contributed by atoms with Crippen molar-refractivity contribution >= 4 is 51.7 Å². The summed E-state index contributed by atoms with van der Waals surface area (Å²) in [4.78, 5) is 20.5.